The standard InChI is InChI=1S/C18H17ClFNO3S/c1-10(17(22)21-15-7-6-11(19)8-14(15)20)24-18(23)13-9-25-16-5-3-2-4-12(13)16/h6-10H,2-5H2,1H3,(H,21,22)/t10-/m1/s1. The fourth-order valence-corrected chi connectivity index (χ4v) is 4.04. The summed E-state index contributed by atoms with van der Waals surface area (Å²) in [6.45, 7) is 1.46. The quantitative estimate of drug-likeness (QED) is 0.787. The van der Waals surface area contributed by atoms with Gasteiger partial charge in [-0.3, -0.25) is 4.79 Å². The van der Waals surface area contributed by atoms with Crippen molar-refractivity contribution in [2.24, 2.45) is 0 Å². The maximum absolute atomic E-state index is 13.7. The minimum Gasteiger partial charge on any atom is -0.449 e. The molecule has 0 saturated carbocycles. The first kappa shape index (κ1) is 17.9. The molecule has 0 unspecified atom stereocenters. The fraction of sp³-hybridized carbons (Fsp3) is 0.333. The Morgan fingerprint density at radius 1 is 1.32 bits per heavy atom. The van der Waals surface area contributed by atoms with Crippen molar-refractivity contribution < 1.29 is 18.7 Å². The molecule has 4 nitrogen and oxygen atoms in total. The molecule has 132 valence electrons. The predicted molar refractivity (Wildman–Crippen MR) is 95.9 cm³/mol. The lowest BCUT2D eigenvalue weighted by atomic mass is 9.96. The number of amides is 1. The molecule has 1 aliphatic rings. The molecule has 1 atom stereocenters. The summed E-state index contributed by atoms with van der Waals surface area (Å²) in [5.41, 5.74) is 1.57. The van der Waals surface area contributed by atoms with Gasteiger partial charge >= 0.3 is 5.97 Å². The zero-order valence-electron chi connectivity index (χ0n) is 13.6. The van der Waals surface area contributed by atoms with Gasteiger partial charge in [0.2, 0.25) is 0 Å². The molecule has 2 aromatic rings. The summed E-state index contributed by atoms with van der Waals surface area (Å²) in [6, 6.07) is 3.93. The average Bonchev–Trinajstić information content (AvgIpc) is 3.01. The first-order chi connectivity index (χ1) is 12.0. The second kappa shape index (κ2) is 7.54. The second-order valence-corrected chi connectivity index (χ2v) is 7.32. The topological polar surface area (TPSA) is 55.4 Å². The number of aryl methyl sites for hydroxylation is 1. The Morgan fingerprint density at radius 3 is 2.84 bits per heavy atom. The molecular formula is C18H17ClFNO3S. The largest absolute Gasteiger partial charge is 0.449 e. The number of carbonyl (C=O) groups excluding carboxylic acids is 2. The van der Waals surface area contributed by atoms with Crippen LogP contribution in [-0.4, -0.2) is 18.0 Å². The summed E-state index contributed by atoms with van der Waals surface area (Å²) >= 11 is 7.24. The third-order valence-electron chi connectivity index (χ3n) is 4.12. The number of hydrogen-bond donors (Lipinski definition) is 1. The Balaban J connectivity index is 1.65. The number of benzene rings is 1. The zero-order valence-corrected chi connectivity index (χ0v) is 15.2. The minimum atomic E-state index is -1.04. The van der Waals surface area contributed by atoms with Gasteiger partial charge in [-0.25, -0.2) is 9.18 Å². The molecule has 1 N–H and O–H groups in total. The van der Waals surface area contributed by atoms with Crippen LogP contribution in [0, 0.1) is 5.82 Å². The van der Waals surface area contributed by atoms with Gasteiger partial charge in [0.05, 0.1) is 11.3 Å². The van der Waals surface area contributed by atoms with Crippen molar-refractivity contribution in [1.29, 1.82) is 0 Å². The number of nitrogens with one attached hydrogen (secondary N) is 1. The summed E-state index contributed by atoms with van der Waals surface area (Å²) in [4.78, 5) is 25.7. The Bertz CT molecular complexity index is 821. The van der Waals surface area contributed by atoms with Crippen LogP contribution >= 0.6 is 22.9 Å². The third-order valence-corrected chi connectivity index (χ3v) is 5.45. The highest BCUT2D eigenvalue weighted by Crippen LogP contribution is 2.30. The molecule has 7 heteroatoms. The van der Waals surface area contributed by atoms with Gasteiger partial charge in [-0.15, -0.1) is 11.3 Å². The van der Waals surface area contributed by atoms with Gasteiger partial charge in [-0.2, -0.15) is 0 Å². The van der Waals surface area contributed by atoms with Crippen LogP contribution in [0.1, 0.15) is 40.6 Å². The molecule has 1 amide bonds. The highest BCUT2D eigenvalue weighted by Gasteiger charge is 2.25. The van der Waals surface area contributed by atoms with Gasteiger partial charge in [-0.1, -0.05) is 11.6 Å². The molecule has 0 bridgehead atoms. The predicted octanol–water partition coefficient (Wildman–Crippen LogP) is 4.60. The molecule has 0 fully saturated rings. The van der Waals surface area contributed by atoms with Crippen LogP contribution in [0.25, 0.3) is 0 Å². The van der Waals surface area contributed by atoms with Crippen molar-refractivity contribution in [2.45, 2.75) is 38.7 Å². The van der Waals surface area contributed by atoms with E-state index in [-0.39, 0.29) is 10.7 Å². The third kappa shape index (κ3) is 4.02. The van der Waals surface area contributed by atoms with E-state index >= 15 is 0 Å². The smallest absolute Gasteiger partial charge is 0.340 e. The lowest BCUT2D eigenvalue weighted by Gasteiger charge is -2.16. The Hall–Kier alpha value is -1.92. The van der Waals surface area contributed by atoms with E-state index in [1.54, 1.807) is 16.7 Å². The Labute approximate surface area is 153 Å². The van der Waals surface area contributed by atoms with Crippen LogP contribution in [0.2, 0.25) is 5.02 Å². The molecule has 1 aliphatic carbocycles. The van der Waals surface area contributed by atoms with E-state index in [0.717, 1.165) is 37.3 Å². The van der Waals surface area contributed by atoms with Crippen LogP contribution < -0.4 is 5.32 Å². The maximum atomic E-state index is 13.7. The number of ether oxygens (including phenoxy) is 1. The van der Waals surface area contributed by atoms with E-state index < -0.39 is 23.8 Å². The van der Waals surface area contributed by atoms with E-state index in [9.17, 15) is 14.0 Å². The van der Waals surface area contributed by atoms with Crippen molar-refractivity contribution >= 4 is 40.5 Å². The van der Waals surface area contributed by atoms with E-state index in [4.69, 9.17) is 16.3 Å². The maximum Gasteiger partial charge on any atom is 0.340 e. The average molecular weight is 382 g/mol. The van der Waals surface area contributed by atoms with E-state index in [2.05, 4.69) is 5.32 Å². The normalized spacial score (nSPS) is 14.5. The van der Waals surface area contributed by atoms with Gasteiger partial charge < -0.3 is 10.1 Å². The van der Waals surface area contributed by atoms with Gasteiger partial charge in [-0.05, 0) is 56.4 Å². The number of halogens is 2. The number of hydrogen-bond acceptors (Lipinski definition) is 4. The summed E-state index contributed by atoms with van der Waals surface area (Å²) in [5, 5.41) is 4.43. The zero-order chi connectivity index (χ0) is 18.0. The Morgan fingerprint density at radius 2 is 2.08 bits per heavy atom. The molecule has 0 aliphatic heterocycles. The van der Waals surface area contributed by atoms with Crippen LogP contribution in [0.5, 0.6) is 0 Å². The highest BCUT2D eigenvalue weighted by molar-refractivity contribution is 7.10. The second-order valence-electron chi connectivity index (χ2n) is 5.92. The molecule has 0 saturated heterocycles. The molecule has 25 heavy (non-hydrogen) atoms. The summed E-state index contributed by atoms with van der Waals surface area (Å²) in [5.74, 6) is -1.76. The van der Waals surface area contributed by atoms with E-state index in [1.165, 1.54) is 23.9 Å². The van der Waals surface area contributed by atoms with Crippen LogP contribution in [0.3, 0.4) is 0 Å². The van der Waals surface area contributed by atoms with Crippen molar-refractivity contribution in [2.75, 3.05) is 5.32 Å². The number of thiophene rings is 1. The number of rotatable bonds is 4. The fourth-order valence-electron chi connectivity index (χ4n) is 2.77. The molecule has 1 aromatic heterocycles. The minimum absolute atomic E-state index is 0.00906. The van der Waals surface area contributed by atoms with Crippen LogP contribution in [0.4, 0.5) is 10.1 Å². The van der Waals surface area contributed by atoms with E-state index in [1.807, 2.05) is 0 Å². The summed E-state index contributed by atoms with van der Waals surface area (Å²) in [7, 11) is 0. The monoisotopic (exact) mass is 381 g/mol. The summed E-state index contributed by atoms with van der Waals surface area (Å²) in [6.07, 6.45) is 2.99. The Kier molecular flexibility index (Phi) is 5.39. The first-order valence-corrected chi connectivity index (χ1v) is 9.27. The molecule has 1 heterocycles. The van der Waals surface area contributed by atoms with Crippen molar-refractivity contribution in [3.63, 3.8) is 0 Å². The number of fused-ring (bicyclic) bond motifs is 1. The van der Waals surface area contributed by atoms with Crippen molar-refractivity contribution in [3.05, 3.63) is 50.4 Å². The van der Waals surface area contributed by atoms with Crippen LogP contribution in [-0.2, 0) is 22.4 Å². The number of esters is 1. The molecule has 0 spiro atoms. The first-order valence-electron chi connectivity index (χ1n) is 8.02. The van der Waals surface area contributed by atoms with Gasteiger partial charge in [0, 0.05) is 15.3 Å². The van der Waals surface area contributed by atoms with Gasteiger partial charge in [0.1, 0.15) is 5.82 Å². The SMILES string of the molecule is C[C@@H](OC(=O)c1csc2c1CCCC2)C(=O)Nc1ccc(Cl)cc1F. The lowest BCUT2D eigenvalue weighted by molar-refractivity contribution is -0.123. The lowest BCUT2D eigenvalue weighted by Crippen LogP contribution is -2.30. The van der Waals surface area contributed by atoms with Crippen molar-refractivity contribution in [3.8, 4) is 0 Å². The molecular weight excluding hydrogens is 365 g/mol. The molecule has 0 radical (unpaired) electrons. The van der Waals surface area contributed by atoms with Gasteiger partial charge in [0.25, 0.3) is 5.91 Å². The van der Waals surface area contributed by atoms with Crippen LogP contribution in [0.15, 0.2) is 23.6 Å². The number of carbonyl (C=O) groups is 2. The van der Waals surface area contributed by atoms with E-state index in [0.29, 0.717) is 5.56 Å². The highest BCUT2D eigenvalue weighted by atomic mass is 35.5. The van der Waals surface area contributed by atoms with Crippen molar-refractivity contribution in [1.82, 2.24) is 0 Å². The van der Waals surface area contributed by atoms with Gasteiger partial charge in [0.15, 0.2) is 6.10 Å². The number of anilines is 1. The summed E-state index contributed by atoms with van der Waals surface area (Å²) < 4.78 is 19.0. The molecule has 3 rings (SSSR count). The molecule has 1 aromatic carbocycles.